The molecule has 0 unspecified atom stereocenters. The average Bonchev–Trinajstić information content (AvgIpc) is 3.35. The summed E-state index contributed by atoms with van der Waals surface area (Å²) in [5, 5.41) is 5.40. The zero-order valence-electron chi connectivity index (χ0n) is 15.6. The van der Waals surface area contributed by atoms with Gasteiger partial charge in [0.15, 0.2) is 5.69 Å². The molecule has 0 bridgehead atoms. The van der Waals surface area contributed by atoms with E-state index in [-0.39, 0.29) is 22.4 Å². The lowest BCUT2D eigenvalue weighted by atomic mass is 10.2. The Labute approximate surface area is 169 Å². The molecule has 1 amide bonds. The summed E-state index contributed by atoms with van der Waals surface area (Å²) >= 11 is 0.967. The molecule has 152 valence electrons. The first-order chi connectivity index (χ1) is 13.8. The first-order valence-corrected chi connectivity index (χ1v) is 9.90. The summed E-state index contributed by atoms with van der Waals surface area (Å²) in [4.78, 5) is 20.8. The second-order valence-electron chi connectivity index (χ2n) is 6.71. The van der Waals surface area contributed by atoms with Crippen LogP contribution in [-0.2, 0) is 6.18 Å². The first-order valence-electron chi connectivity index (χ1n) is 9.02. The number of benzene rings is 1. The Balaban J connectivity index is 1.48. The molecule has 0 saturated carbocycles. The topological polar surface area (TPSA) is 54.3 Å². The number of thiazole rings is 1. The predicted molar refractivity (Wildman–Crippen MR) is 104 cm³/mol. The summed E-state index contributed by atoms with van der Waals surface area (Å²) in [6.45, 7) is 3.90. The number of aromatic nitrogens is 3. The lowest BCUT2D eigenvalue weighted by Gasteiger charge is -2.35. The minimum atomic E-state index is -4.55. The molecule has 1 aromatic carbocycles. The van der Waals surface area contributed by atoms with Gasteiger partial charge in [-0.1, -0.05) is 18.2 Å². The Kier molecular flexibility index (Phi) is 5.03. The number of rotatable bonds is 3. The molecule has 2 aromatic heterocycles. The van der Waals surface area contributed by atoms with Gasteiger partial charge in [0.05, 0.1) is 5.69 Å². The minimum absolute atomic E-state index is 0.0247. The third-order valence-corrected chi connectivity index (χ3v) is 5.52. The number of carbonyl (C=O) groups excluding carboxylic acids is 1. The number of hydrogen-bond donors (Lipinski definition) is 0. The highest BCUT2D eigenvalue weighted by Crippen LogP contribution is 2.32. The number of hydrogen-bond acceptors (Lipinski definition) is 5. The zero-order chi connectivity index (χ0) is 20.6. The summed E-state index contributed by atoms with van der Waals surface area (Å²) in [7, 11) is 0. The van der Waals surface area contributed by atoms with Gasteiger partial charge < -0.3 is 9.80 Å². The molecular weight excluding hydrogens is 403 g/mol. The highest BCUT2D eigenvalue weighted by Gasteiger charge is 2.37. The Bertz CT molecular complexity index is 1010. The van der Waals surface area contributed by atoms with E-state index in [0.29, 0.717) is 26.2 Å². The van der Waals surface area contributed by atoms with Crippen LogP contribution in [0.2, 0.25) is 0 Å². The number of halogens is 3. The zero-order valence-corrected chi connectivity index (χ0v) is 16.4. The summed E-state index contributed by atoms with van der Waals surface area (Å²) in [5.74, 6) is -0.280. The number of aryl methyl sites for hydroxylation is 1. The molecule has 0 radical (unpaired) electrons. The number of carbonyl (C=O) groups is 1. The number of alkyl halides is 3. The van der Waals surface area contributed by atoms with E-state index in [1.165, 1.54) is 12.3 Å². The van der Waals surface area contributed by atoms with Crippen LogP contribution in [0.15, 0.2) is 41.8 Å². The third kappa shape index (κ3) is 3.98. The van der Waals surface area contributed by atoms with Crippen molar-refractivity contribution in [1.82, 2.24) is 19.7 Å². The molecule has 1 fully saturated rings. The second kappa shape index (κ2) is 7.51. The molecule has 1 saturated heterocycles. The highest BCUT2D eigenvalue weighted by molar-refractivity contribution is 7.12. The average molecular weight is 421 g/mol. The van der Waals surface area contributed by atoms with Crippen molar-refractivity contribution < 1.29 is 18.0 Å². The molecule has 10 heteroatoms. The van der Waals surface area contributed by atoms with Crippen LogP contribution in [0, 0.1) is 6.92 Å². The maximum Gasteiger partial charge on any atom is 0.433 e. The predicted octanol–water partition coefficient (Wildman–Crippen LogP) is 3.62. The summed E-state index contributed by atoms with van der Waals surface area (Å²) in [5.41, 5.74) is 0.570. The first kappa shape index (κ1) is 19.4. The molecule has 0 spiro atoms. The van der Waals surface area contributed by atoms with Gasteiger partial charge in [0.1, 0.15) is 5.69 Å². The molecule has 1 aliphatic heterocycles. The molecule has 0 N–H and O–H groups in total. The van der Waals surface area contributed by atoms with E-state index in [9.17, 15) is 18.0 Å². The van der Waals surface area contributed by atoms with Crippen molar-refractivity contribution in [2.75, 3.05) is 31.1 Å². The van der Waals surface area contributed by atoms with E-state index in [1.807, 2.05) is 30.3 Å². The Morgan fingerprint density at radius 1 is 1.10 bits per heavy atom. The van der Waals surface area contributed by atoms with Gasteiger partial charge in [-0.2, -0.15) is 18.3 Å². The quantitative estimate of drug-likeness (QED) is 0.648. The van der Waals surface area contributed by atoms with Crippen LogP contribution in [0.5, 0.6) is 0 Å². The fourth-order valence-electron chi connectivity index (χ4n) is 3.28. The molecule has 0 atom stereocenters. The molecular formula is C19H18F3N5OS. The standard InChI is InChI=1S/C19H18F3N5OS/c1-13-11-16(19(20,21)22)27(24-13)18-23-15(12-29-18)17(28)26-9-7-25(8-10-26)14-5-3-2-4-6-14/h2-6,11-12H,7-10H2,1H3. The molecule has 1 aliphatic rings. The normalized spacial score (nSPS) is 15.0. The monoisotopic (exact) mass is 421 g/mol. The Morgan fingerprint density at radius 2 is 1.79 bits per heavy atom. The van der Waals surface area contributed by atoms with Crippen LogP contribution in [0.1, 0.15) is 21.9 Å². The summed E-state index contributed by atoms with van der Waals surface area (Å²) in [6.07, 6.45) is -4.55. The van der Waals surface area contributed by atoms with Crippen LogP contribution in [-0.4, -0.2) is 51.8 Å². The third-order valence-electron chi connectivity index (χ3n) is 4.70. The minimum Gasteiger partial charge on any atom is -0.368 e. The van der Waals surface area contributed by atoms with E-state index in [1.54, 1.807) is 4.90 Å². The molecule has 3 heterocycles. The van der Waals surface area contributed by atoms with Gasteiger partial charge in [-0.25, -0.2) is 9.67 Å². The van der Waals surface area contributed by atoms with Crippen LogP contribution in [0.3, 0.4) is 0 Å². The smallest absolute Gasteiger partial charge is 0.368 e. The van der Waals surface area contributed by atoms with Crippen LogP contribution in [0.4, 0.5) is 18.9 Å². The van der Waals surface area contributed by atoms with Crippen molar-refractivity contribution in [3.8, 4) is 5.13 Å². The number of para-hydroxylation sites is 1. The SMILES string of the molecule is Cc1cc(C(F)(F)F)n(-c2nc(C(=O)N3CCN(c4ccccc4)CC3)cs2)n1. The molecule has 4 rings (SSSR count). The van der Waals surface area contributed by atoms with Gasteiger partial charge in [0.2, 0.25) is 5.13 Å². The second-order valence-corrected chi connectivity index (χ2v) is 7.55. The van der Waals surface area contributed by atoms with E-state index in [0.717, 1.165) is 27.8 Å². The molecule has 29 heavy (non-hydrogen) atoms. The summed E-state index contributed by atoms with van der Waals surface area (Å²) < 4.78 is 40.4. The molecule has 0 aliphatic carbocycles. The number of amides is 1. The van der Waals surface area contributed by atoms with Crippen molar-refractivity contribution >= 4 is 22.9 Å². The van der Waals surface area contributed by atoms with Gasteiger partial charge in [-0.15, -0.1) is 11.3 Å². The lowest BCUT2D eigenvalue weighted by molar-refractivity contribution is -0.142. The maximum absolute atomic E-state index is 13.2. The van der Waals surface area contributed by atoms with Crippen molar-refractivity contribution in [2.45, 2.75) is 13.1 Å². The highest BCUT2D eigenvalue weighted by atomic mass is 32.1. The van der Waals surface area contributed by atoms with E-state index in [4.69, 9.17) is 0 Å². The Morgan fingerprint density at radius 3 is 2.45 bits per heavy atom. The number of anilines is 1. The molecule has 6 nitrogen and oxygen atoms in total. The van der Waals surface area contributed by atoms with Gasteiger partial charge >= 0.3 is 6.18 Å². The maximum atomic E-state index is 13.2. The van der Waals surface area contributed by atoms with Gasteiger partial charge in [-0.3, -0.25) is 4.79 Å². The van der Waals surface area contributed by atoms with Gasteiger partial charge in [-0.05, 0) is 25.1 Å². The van der Waals surface area contributed by atoms with E-state index < -0.39 is 11.9 Å². The lowest BCUT2D eigenvalue weighted by Crippen LogP contribution is -2.48. The van der Waals surface area contributed by atoms with Crippen molar-refractivity contribution in [2.24, 2.45) is 0 Å². The van der Waals surface area contributed by atoms with Crippen LogP contribution in [0.25, 0.3) is 5.13 Å². The van der Waals surface area contributed by atoms with Crippen molar-refractivity contribution in [3.05, 3.63) is 58.9 Å². The number of piperazine rings is 1. The molecule has 3 aromatic rings. The van der Waals surface area contributed by atoms with Crippen molar-refractivity contribution in [1.29, 1.82) is 0 Å². The fourth-order valence-corrected chi connectivity index (χ4v) is 4.04. The van der Waals surface area contributed by atoms with Crippen LogP contribution >= 0.6 is 11.3 Å². The Hall–Kier alpha value is -2.88. The van der Waals surface area contributed by atoms with E-state index >= 15 is 0 Å². The number of nitrogens with zero attached hydrogens (tertiary/aromatic N) is 5. The van der Waals surface area contributed by atoms with E-state index in [2.05, 4.69) is 15.0 Å². The van der Waals surface area contributed by atoms with Crippen molar-refractivity contribution in [3.63, 3.8) is 0 Å². The van der Waals surface area contributed by atoms with Crippen LogP contribution < -0.4 is 4.90 Å². The van der Waals surface area contributed by atoms with Gasteiger partial charge in [0, 0.05) is 37.2 Å². The largest absolute Gasteiger partial charge is 0.433 e. The van der Waals surface area contributed by atoms with Gasteiger partial charge in [0.25, 0.3) is 5.91 Å². The summed E-state index contributed by atoms with van der Waals surface area (Å²) in [6, 6.07) is 10.9. The fraction of sp³-hybridized carbons (Fsp3) is 0.316.